The third kappa shape index (κ3) is 3.78. The van der Waals surface area contributed by atoms with E-state index in [1.807, 2.05) is 19.1 Å². The molecule has 8 heteroatoms. The van der Waals surface area contributed by atoms with Gasteiger partial charge in [0.15, 0.2) is 5.65 Å². The summed E-state index contributed by atoms with van der Waals surface area (Å²) >= 11 is 5.99. The summed E-state index contributed by atoms with van der Waals surface area (Å²) in [5.41, 5.74) is 1.25. The minimum Gasteiger partial charge on any atom is -0.321 e. The minimum atomic E-state index is -4.59. The van der Waals surface area contributed by atoms with Crippen LogP contribution in [0.25, 0.3) is 5.65 Å². The van der Waals surface area contributed by atoms with E-state index in [0.29, 0.717) is 17.8 Å². The summed E-state index contributed by atoms with van der Waals surface area (Å²) in [6, 6.07) is 8.07. The molecule has 0 radical (unpaired) electrons. The number of pyridine rings is 1. The lowest BCUT2D eigenvalue weighted by molar-refractivity contribution is -0.137. The number of alkyl halides is 3. The van der Waals surface area contributed by atoms with Crippen LogP contribution in [0.2, 0.25) is 5.02 Å². The molecule has 0 unspecified atom stereocenters. The third-order valence-corrected chi connectivity index (χ3v) is 4.52. The summed E-state index contributed by atoms with van der Waals surface area (Å²) in [5, 5.41) is 2.55. The highest BCUT2D eigenvalue weighted by Gasteiger charge is 2.33. The summed E-state index contributed by atoms with van der Waals surface area (Å²) in [6.45, 7) is 3.79. The second kappa shape index (κ2) is 7.23. The number of aromatic nitrogens is 2. The van der Waals surface area contributed by atoms with E-state index in [-0.39, 0.29) is 16.4 Å². The number of halogens is 4. The molecule has 1 aromatic carbocycles. The summed E-state index contributed by atoms with van der Waals surface area (Å²) in [5.74, 6) is -0.543. The van der Waals surface area contributed by atoms with Crippen LogP contribution in [-0.2, 0) is 19.0 Å². The summed E-state index contributed by atoms with van der Waals surface area (Å²) in [4.78, 5) is 17.0. The Kier molecular flexibility index (Phi) is 5.15. The zero-order valence-electron chi connectivity index (χ0n) is 14.7. The highest BCUT2D eigenvalue weighted by molar-refractivity contribution is 6.33. The molecule has 2 aromatic heterocycles. The van der Waals surface area contributed by atoms with Crippen LogP contribution in [0.15, 0.2) is 36.5 Å². The van der Waals surface area contributed by atoms with Crippen molar-refractivity contribution in [1.82, 2.24) is 9.38 Å². The molecule has 0 bridgehead atoms. The summed E-state index contributed by atoms with van der Waals surface area (Å²) < 4.78 is 40.5. The number of imidazole rings is 1. The number of rotatable bonds is 4. The van der Waals surface area contributed by atoms with Crippen molar-refractivity contribution in [2.24, 2.45) is 0 Å². The van der Waals surface area contributed by atoms with Crippen molar-refractivity contribution >= 4 is 28.8 Å². The molecule has 3 rings (SSSR count). The number of hydrogen-bond acceptors (Lipinski definition) is 2. The van der Waals surface area contributed by atoms with Gasteiger partial charge < -0.3 is 5.32 Å². The van der Waals surface area contributed by atoms with Crippen LogP contribution in [0.5, 0.6) is 0 Å². The van der Waals surface area contributed by atoms with Gasteiger partial charge in [0.1, 0.15) is 5.69 Å². The second-order valence-corrected chi connectivity index (χ2v) is 6.44. The fourth-order valence-corrected chi connectivity index (χ4v) is 3.06. The Morgan fingerprint density at radius 2 is 1.85 bits per heavy atom. The number of nitrogens with zero attached hydrogens (tertiary/aromatic N) is 2. The Hall–Kier alpha value is -2.54. The van der Waals surface area contributed by atoms with Gasteiger partial charge in [-0.25, -0.2) is 4.98 Å². The van der Waals surface area contributed by atoms with Crippen LogP contribution in [0.3, 0.4) is 0 Å². The highest BCUT2D eigenvalue weighted by Crippen LogP contribution is 2.33. The van der Waals surface area contributed by atoms with Crippen molar-refractivity contribution in [2.75, 3.05) is 5.32 Å². The predicted octanol–water partition coefficient (Wildman–Crippen LogP) is 5.38. The van der Waals surface area contributed by atoms with Gasteiger partial charge in [-0.2, -0.15) is 13.2 Å². The van der Waals surface area contributed by atoms with Crippen LogP contribution in [-0.4, -0.2) is 15.3 Å². The second-order valence-electron chi connectivity index (χ2n) is 6.03. The van der Waals surface area contributed by atoms with Crippen molar-refractivity contribution in [3.8, 4) is 0 Å². The monoisotopic (exact) mass is 395 g/mol. The average Bonchev–Trinajstić information content (AvgIpc) is 3.01. The number of carbonyl (C=O) groups excluding carboxylic acids is 1. The fourth-order valence-electron chi connectivity index (χ4n) is 2.81. The average molecular weight is 396 g/mol. The lowest BCUT2D eigenvalue weighted by atomic mass is 10.1. The molecule has 0 spiro atoms. The van der Waals surface area contributed by atoms with Gasteiger partial charge in [0, 0.05) is 11.9 Å². The number of nitrogens with one attached hydrogen (secondary N) is 1. The molecule has 3 aromatic rings. The molecule has 2 heterocycles. The molecular weight excluding hydrogens is 379 g/mol. The Labute approximate surface area is 159 Å². The van der Waals surface area contributed by atoms with Crippen molar-refractivity contribution in [1.29, 1.82) is 0 Å². The smallest absolute Gasteiger partial charge is 0.321 e. The van der Waals surface area contributed by atoms with Crippen LogP contribution in [0.4, 0.5) is 18.9 Å². The van der Waals surface area contributed by atoms with E-state index < -0.39 is 17.6 Å². The van der Waals surface area contributed by atoms with Crippen LogP contribution >= 0.6 is 11.6 Å². The number of benzene rings is 1. The van der Waals surface area contributed by atoms with Crippen LogP contribution in [0, 0.1) is 0 Å². The van der Waals surface area contributed by atoms with E-state index in [4.69, 9.17) is 11.6 Å². The lowest BCUT2D eigenvalue weighted by Gasteiger charge is -2.10. The Morgan fingerprint density at radius 1 is 1.19 bits per heavy atom. The van der Waals surface area contributed by atoms with Crippen LogP contribution in [0.1, 0.15) is 41.2 Å². The lowest BCUT2D eigenvalue weighted by Crippen LogP contribution is -2.17. The van der Waals surface area contributed by atoms with E-state index >= 15 is 0 Å². The number of anilines is 1. The molecule has 1 amide bonds. The molecule has 1 N–H and O–H groups in total. The summed E-state index contributed by atoms with van der Waals surface area (Å²) in [7, 11) is 0. The SMILES string of the molecule is CCc1ccc(NC(=O)c2c(CC)nc3c(Cl)cc(C(F)(F)F)cn23)cc1. The fraction of sp³-hybridized carbons (Fsp3) is 0.263. The Bertz CT molecular complexity index is 994. The van der Waals surface area contributed by atoms with E-state index in [2.05, 4.69) is 10.3 Å². The Balaban J connectivity index is 2.07. The molecule has 0 fully saturated rings. The minimum absolute atomic E-state index is 0.0417. The molecule has 0 saturated carbocycles. The van der Waals surface area contributed by atoms with Gasteiger partial charge in [-0.1, -0.05) is 37.6 Å². The van der Waals surface area contributed by atoms with Crippen molar-refractivity contribution < 1.29 is 18.0 Å². The molecule has 0 saturated heterocycles. The molecular formula is C19H17ClF3N3O. The summed E-state index contributed by atoms with van der Waals surface area (Å²) in [6.07, 6.45) is -2.50. The molecule has 0 atom stereocenters. The standard InChI is InChI=1S/C19H17ClF3N3O/c1-3-11-5-7-13(8-6-11)24-18(27)16-15(4-2)25-17-14(20)9-12(10-26(16)17)19(21,22)23/h5-10H,3-4H2,1-2H3,(H,24,27). The highest BCUT2D eigenvalue weighted by atomic mass is 35.5. The first kappa shape index (κ1) is 19.2. The number of carbonyl (C=O) groups is 1. The molecule has 0 aliphatic rings. The predicted molar refractivity (Wildman–Crippen MR) is 98.4 cm³/mol. The van der Waals surface area contributed by atoms with Gasteiger partial charge in [-0.15, -0.1) is 0 Å². The van der Waals surface area contributed by atoms with Crippen LogP contribution < -0.4 is 5.32 Å². The first-order valence-electron chi connectivity index (χ1n) is 8.42. The van der Waals surface area contributed by atoms with E-state index in [1.165, 1.54) is 0 Å². The number of hydrogen-bond donors (Lipinski definition) is 1. The van der Waals surface area contributed by atoms with Gasteiger partial charge >= 0.3 is 6.18 Å². The van der Waals surface area contributed by atoms with Gasteiger partial charge in [-0.3, -0.25) is 9.20 Å². The quantitative estimate of drug-likeness (QED) is 0.644. The number of aryl methyl sites for hydroxylation is 2. The number of amides is 1. The van der Waals surface area contributed by atoms with E-state index in [9.17, 15) is 18.0 Å². The maximum Gasteiger partial charge on any atom is 0.417 e. The molecule has 0 aliphatic heterocycles. The largest absolute Gasteiger partial charge is 0.417 e. The van der Waals surface area contributed by atoms with Crippen molar-refractivity contribution in [3.05, 3.63) is 64.1 Å². The van der Waals surface area contributed by atoms with Gasteiger partial charge in [0.2, 0.25) is 0 Å². The molecule has 142 valence electrons. The zero-order chi connectivity index (χ0) is 19.8. The zero-order valence-corrected chi connectivity index (χ0v) is 15.4. The van der Waals surface area contributed by atoms with Crippen molar-refractivity contribution in [3.63, 3.8) is 0 Å². The van der Waals surface area contributed by atoms with Gasteiger partial charge in [0.25, 0.3) is 5.91 Å². The topological polar surface area (TPSA) is 46.4 Å². The maximum atomic E-state index is 13.1. The normalized spacial score (nSPS) is 11.8. The molecule has 27 heavy (non-hydrogen) atoms. The maximum absolute atomic E-state index is 13.1. The molecule has 0 aliphatic carbocycles. The molecule has 4 nitrogen and oxygen atoms in total. The number of fused-ring (bicyclic) bond motifs is 1. The first-order valence-corrected chi connectivity index (χ1v) is 8.80. The van der Waals surface area contributed by atoms with Gasteiger partial charge in [-0.05, 0) is 36.6 Å². The first-order chi connectivity index (χ1) is 12.7. The van der Waals surface area contributed by atoms with E-state index in [0.717, 1.165) is 28.6 Å². The van der Waals surface area contributed by atoms with E-state index in [1.54, 1.807) is 19.1 Å². The van der Waals surface area contributed by atoms with Crippen molar-refractivity contribution in [2.45, 2.75) is 32.9 Å². The Morgan fingerprint density at radius 3 is 2.41 bits per heavy atom. The van der Waals surface area contributed by atoms with Gasteiger partial charge in [0.05, 0.1) is 16.3 Å². The third-order valence-electron chi connectivity index (χ3n) is 4.24.